The Balaban J connectivity index is 1.68. The summed E-state index contributed by atoms with van der Waals surface area (Å²) in [6.07, 6.45) is 7.99. The van der Waals surface area contributed by atoms with E-state index in [1.54, 1.807) is 0 Å². The van der Waals surface area contributed by atoms with Crippen LogP contribution in [-0.4, -0.2) is 10.2 Å². The maximum Gasteiger partial charge on any atom is 0.0858 e. The first-order chi connectivity index (χ1) is 10.9. The first-order valence-corrected chi connectivity index (χ1v) is 7.20. The molecule has 0 aliphatic carbocycles. The second-order valence-corrected chi connectivity index (χ2v) is 4.87. The molecule has 2 heteroatoms. The highest BCUT2D eigenvalue weighted by molar-refractivity contribution is 5.70. The number of rotatable bonds is 4. The zero-order valence-corrected chi connectivity index (χ0v) is 12.1. The Morgan fingerprint density at radius 3 is 1.23 bits per heavy atom. The minimum absolute atomic E-state index is 0.848. The smallest absolute Gasteiger partial charge is 0.0858 e. The lowest BCUT2D eigenvalue weighted by atomic mass is 10.2. The summed E-state index contributed by atoms with van der Waals surface area (Å²) in [6.45, 7) is 0. The molecule has 0 atom stereocenters. The van der Waals surface area contributed by atoms with Gasteiger partial charge in [0.25, 0.3) is 0 Å². The number of benzene rings is 2. The molecule has 0 bridgehead atoms. The molecule has 1 aromatic heterocycles. The molecule has 22 heavy (non-hydrogen) atoms. The average molecular weight is 284 g/mol. The van der Waals surface area contributed by atoms with E-state index in [0.717, 1.165) is 22.5 Å². The van der Waals surface area contributed by atoms with Crippen LogP contribution in [0.3, 0.4) is 0 Å². The van der Waals surface area contributed by atoms with Crippen LogP contribution in [0.25, 0.3) is 24.3 Å². The third kappa shape index (κ3) is 4.00. The van der Waals surface area contributed by atoms with Crippen molar-refractivity contribution in [1.29, 1.82) is 0 Å². The minimum Gasteiger partial charge on any atom is -0.151 e. The maximum absolute atomic E-state index is 4.22. The van der Waals surface area contributed by atoms with Gasteiger partial charge < -0.3 is 0 Å². The van der Waals surface area contributed by atoms with Crippen LogP contribution in [0.5, 0.6) is 0 Å². The van der Waals surface area contributed by atoms with E-state index in [4.69, 9.17) is 0 Å². The molecule has 1 heterocycles. The highest BCUT2D eigenvalue weighted by Crippen LogP contribution is 2.08. The molecule has 2 nitrogen and oxygen atoms in total. The Hall–Kier alpha value is -3.00. The van der Waals surface area contributed by atoms with Crippen molar-refractivity contribution in [3.8, 4) is 0 Å². The Kier molecular flexibility index (Phi) is 4.53. The number of nitrogens with zero attached hydrogens (tertiary/aromatic N) is 2. The van der Waals surface area contributed by atoms with Crippen molar-refractivity contribution in [3.63, 3.8) is 0 Å². The van der Waals surface area contributed by atoms with Gasteiger partial charge in [-0.05, 0) is 35.4 Å². The molecule has 0 radical (unpaired) electrons. The molecule has 0 saturated heterocycles. The largest absolute Gasteiger partial charge is 0.151 e. The van der Waals surface area contributed by atoms with Crippen molar-refractivity contribution in [2.45, 2.75) is 0 Å². The standard InChI is InChI=1S/C20H16N2/c1-3-7-17(8-4-1)11-13-19-15-16-20(22-21-19)14-12-18-9-5-2-6-10-18/h1-16H/b13-11-,14-12-. The average Bonchev–Trinajstić information content (AvgIpc) is 2.61. The summed E-state index contributed by atoms with van der Waals surface area (Å²) in [7, 11) is 0. The molecule has 0 spiro atoms. The molecule has 0 aliphatic rings. The molecular weight excluding hydrogens is 268 g/mol. The lowest BCUT2D eigenvalue weighted by Gasteiger charge is -1.95. The van der Waals surface area contributed by atoms with Crippen molar-refractivity contribution in [1.82, 2.24) is 10.2 Å². The van der Waals surface area contributed by atoms with Crippen LogP contribution in [0.15, 0.2) is 72.8 Å². The van der Waals surface area contributed by atoms with Crippen LogP contribution in [0.1, 0.15) is 22.5 Å². The van der Waals surface area contributed by atoms with Crippen molar-refractivity contribution < 1.29 is 0 Å². The van der Waals surface area contributed by atoms with E-state index in [9.17, 15) is 0 Å². The Labute approximate surface area is 130 Å². The highest BCUT2D eigenvalue weighted by atomic mass is 15.1. The lowest BCUT2D eigenvalue weighted by molar-refractivity contribution is 1.01. The van der Waals surface area contributed by atoms with E-state index in [1.165, 1.54) is 0 Å². The predicted octanol–water partition coefficient (Wildman–Crippen LogP) is 4.82. The van der Waals surface area contributed by atoms with E-state index in [2.05, 4.69) is 34.5 Å². The monoisotopic (exact) mass is 284 g/mol. The zero-order chi connectivity index (χ0) is 15.0. The number of hydrogen-bond acceptors (Lipinski definition) is 2. The van der Waals surface area contributed by atoms with Crippen LogP contribution in [0, 0.1) is 0 Å². The van der Waals surface area contributed by atoms with Crippen LogP contribution >= 0.6 is 0 Å². The first-order valence-electron chi connectivity index (χ1n) is 7.20. The van der Waals surface area contributed by atoms with E-state index >= 15 is 0 Å². The van der Waals surface area contributed by atoms with Gasteiger partial charge in [0.15, 0.2) is 0 Å². The second kappa shape index (κ2) is 7.14. The van der Waals surface area contributed by atoms with Crippen LogP contribution in [0.2, 0.25) is 0 Å². The summed E-state index contributed by atoms with van der Waals surface area (Å²) in [5, 5.41) is 8.44. The fourth-order valence-electron chi connectivity index (χ4n) is 2.02. The van der Waals surface area contributed by atoms with Gasteiger partial charge in [0.1, 0.15) is 0 Å². The van der Waals surface area contributed by atoms with Gasteiger partial charge in [0.2, 0.25) is 0 Å². The molecular formula is C20H16N2. The Morgan fingerprint density at radius 1 is 0.455 bits per heavy atom. The predicted molar refractivity (Wildman–Crippen MR) is 92.8 cm³/mol. The van der Waals surface area contributed by atoms with Crippen LogP contribution in [-0.2, 0) is 0 Å². The molecule has 0 fully saturated rings. The van der Waals surface area contributed by atoms with Gasteiger partial charge in [0.05, 0.1) is 11.4 Å². The molecule has 0 unspecified atom stereocenters. The maximum atomic E-state index is 4.22. The van der Waals surface area contributed by atoms with Gasteiger partial charge in [-0.25, -0.2) is 0 Å². The highest BCUT2D eigenvalue weighted by Gasteiger charge is 1.92. The number of hydrogen-bond donors (Lipinski definition) is 0. The van der Waals surface area contributed by atoms with Crippen molar-refractivity contribution in [3.05, 3.63) is 95.3 Å². The van der Waals surface area contributed by atoms with E-state index in [-0.39, 0.29) is 0 Å². The minimum atomic E-state index is 0.848. The first kappa shape index (κ1) is 14.0. The Morgan fingerprint density at radius 2 is 0.864 bits per heavy atom. The summed E-state index contributed by atoms with van der Waals surface area (Å²) < 4.78 is 0. The lowest BCUT2D eigenvalue weighted by Crippen LogP contribution is -1.88. The molecule has 3 rings (SSSR count). The summed E-state index contributed by atoms with van der Waals surface area (Å²) in [6, 6.07) is 24.2. The van der Waals surface area contributed by atoms with Gasteiger partial charge >= 0.3 is 0 Å². The number of aromatic nitrogens is 2. The van der Waals surface area contributed by atoms with E-state index in [0.29, 0.717) is 0 Å². The normalized spacial score (nSPS) is 11.3. The van der Waals surface area contributed by atoms with Crippen LogP contribution in [0.4, 0.5) is 0 Å². The van der Waals surface area contributed by atoms with Crippen molar-refractivity contribution >= 4 is 24.3 Å². The van der Waals surface area contributed by atoms with Crippen molar-refractivity contribution in [2.75, 3.05) is 0 Å². The third-order valence-corrected chi connectivity index (χ3v) is 3.20. The van der Waals surface area contributed by atoms with Gasteiger partial charge in [-0.2, -0.15) is 10.2 Å². The van der Waals surface area contributed by atoms with E-state index < -0.39 is 0 Å². The summed E-state index contributed by atoms with van der Waals surface area (Å²) >= 11 is 0. The fraction of sp³-hybridized carbons (Fsp3) is 0. The molecule has 0 N–H and O–H groups in total. The van der Waals surface area contributed by atoms with Gasteiger partial charge in [0, 0.05) is 0 Å². The molecule has 0 amide bonds. The summed E-state index contributed by atoms with van der Waals surface area (Å²) in [5.41, 5.74) is 4.00. The molecule has 0 saturated carbocycles. The van der Waals surface area contributed by atoms with Gasteiger partial charge in [-0.3, -0.25) is 0 Å². The van der Waals surface area contributed by atoms with Crippen molar-refractivity contribution in [2.24, 2.45) is 0 Å². The third-order valence-electron chi connectivity index (χ3n) is 3.20. The fourth-order valence-corrected chi connectivity index (χ4v) is 2.02. The van der Waals surface area contributed by atoms with Crippen LogP contribution < -0.4 is 0 Å². The summed E-state index contributed by atoms with van der Waals surface area (Å²) in [5.74, 6) is 0. The zero-order valence-electron chi connectivity index (χ0n) is 12.1. The van der Waals surface area contributed by atoms with E-state index in [1.807, 2.05) is 72.8 Å². The summed E-state index contributed by atoms with van der Waals surface area (Å²) in [4.78, 5) is 0. The molecule has 3 aromatic rings. The molecule has 2 aromatic carbocycles. The second-order valence-electron chi connectivity index (χ2n) is 4.87. The van der Waals surface area contributed by atoms with Gasteiger partial charge in [-0.15, -0.1) is 0 Å². The molecule has 106 valence electrons. The topological polar surface area (TPSA) is 25.8 Å². The quantitative estimate of drug-likeness (QED) is 0.686. The SMILES string of the molecule is C(=C/c1ccc(/C=C\c2ccccc2)nn1)/c1ccccc1. The van der Waals surface area contributed by atoms with Gasteiger partial charge in [-0.1, -0.05) is 72.8 Å². The Bertz CT molecular complexity index is 689. The molecule has 0 aliphatic heterocycles.